The molecule has 14 heavy (non-hydrogen) atoms. The summed E-state index contributed by atoms with van der Waals surface area (Å²) in [6.07, 6.45) is 0.870. The van der Waals surface area contributed by atoms with Crippen LogP contribution < -0.4 is 5.73 Å². The van der Waals surface area contributed by atoms with E-state index in [1.807, 2.05) is 19.1 Å². The number of fused-ring (bicyclic) bond motifs is 1. The molecule has 0 aliphatic heterocycles. The number of nitrogens with two attached hydrogens (primary N) is 1. The molecule has 0 saturated heterocycles. The zero-order chi connectivity index (χ0) is 10.1. The predicted octanol–water partition coefficient (Wildman–Crippen LogP) is 3.00. The molecular weight excluding hydrogens is 242 g/mol. The zero-order valence-electron chi connectivity index (χ0n) is 8.01. The second-order valence-corrected chi connectivity index (χ2v) is 4.15. The number of benzene rings is 1. The maximum Gasteiger partial charge on any atom is 0.148 e. The lowest BCUT2D eigenvalue weighted by atomic mass is 10.1. The summed E-state index contributed by atoms with van der Waals surface area (Å²) in [7, 11) is 0. The van der Waals surface area contributed by atoms with Crippen LogP contribution in [0.1, 0.15) is 11.3 Å². The molecule has 2 rings (SSSR count). The van der Waals surface area contributed by atoms with Gasteiger partial charge in [0.25, 0.3) is 0 Å². The van der Waals surface area contributed by atoms with E-state index in [0.29, 0.717) is 6.54 Å². The molecule has 0 saturated carbocycles. The molecule has 1 heterocycles. The third-order valence-electron chi connectivity index (χ3n) is 2.37. The summed E-state index contributed by atoms with van der Waals surface area (Å²) in [4.78, 5) is 0. The predicted molar refractivity (Wildman–Crippen MR) is 61.4 cm³/mol. The van der Waals surface area contributed by atoms with Crippen LogP contribution in [0.3, 0.4) is 0 Å². The monoisotopic (exact) mass is 253 g/mol. The SMILES string of the molecule is Cc1oc2c(Br)cccc2c1CCN. The van der Waals surface area contributed by atoms with E-state index in [9.17, 15) is 0 Å². The molecule has 0 spiro atoms. The lowest BCUT2D eigenvalue weighted by molar-refractivity contribution is 0.570. The molecule has 1 aromatic heterocycles. The standard InChI is InChI=1S/C11H12BrNO/c1-7-8(5-6-13)9-3-2-4-10(12)11(9)14-7/h2-4H,5-6,13H2,1H3. The molecule has 2 N–H and O–H groups in total. The van der Waals surface area contributed by atoms with E-state index in [1.165, 1.54) is 10.9 Å². The van der Waals surface area contributed by atoms with E-state index in [2.05, 4.69) is 22.0 Å². The average Bonchev–Trinajstić information content (AvgIpc) is 2.47. The number of aryl methyl sites for hydroxylation is 1. The molecule has 0 aliphatic rings. The summed E-state index contributed by atoms with van der Waals surface area (Å²) >= 11 is 3.47. The van der Waals surface area contributed by atoms with Crippen LogP contribution in [0.4, 0.5) is 0 Å². The first-order chi connectivity index (χ1) is 6.74. The van der Waals surface area contributed by atoms with E-state index >= 15 is 0 Å². The zero-order valence-corrected chi connectivity index (χ0v) is 9.60. The quantitative estimate of drug-likeness (QED) is 0.894. The molecule has 2 nitrogen and oxygen atoms in total. The Balaban J connectivity index is 2.70. The highest BCUT2D eigenvalue weighted by molar-refractivity contribution is 9.10. The van der Waals surface area contributed by atoms with Gasteiger partial charge in [0.15, 0.2) is 0 Å². The minimum Gasteiger partial charge on any atom is -0.460 e. The van der Waals surface area contributed by atoms with E-state index < -0.39 is 0 Å². The molecule has 0 fully saturated rings. The summed E-state index contributed by atoms with van der Waals surface area (Å²) < 4.78 is 6.68. The Hall–Kier alpha value is -0.800. The van der Waals surface area contributed by atoms with Crippen LogP contribution in [0.5, 0.6) is 0 Å². The maximum absolute atomic E-state index is 5.68. The lowest BCUT2D eigenvalue weighted by Gasteiger charge is -1.95. The van der Waals surface area contributed by atoms with E-state index in [4.69, 9.17) is 10.2 Å². The lowest BCUT2D eigenvalue weighted by Crippen LogP contribution is -2.02. The highest BCUT2D eigenvalue weighted by Crippen LogP contribution is 2.31. The largest absolute Gasteiger partial charge is 0.460 e. The van der Waals surface area contributed by atoms with Crippen molar-refractivity contribution >= 4 is 26.9 Å². The van der Waals surface area contributed by atoms with Crippen LogP contribution in [-0.2, 0) is 6.42 Å². The van der Waals surface area contributed by atoms with Crippen molar-refractivity contribution in [2.45, 2.75) is 13.3 Å². The molecule has 1 aromatic carbocycles. The van der Waals surface area contributed by atoms with Gasteiger partial charge in [-0.15, -0.1) is 0 Å². The van der Waals surface area contributed by atoms with Gasteiger partial charge in [-0.1, -0.05) is 12.1 Å². The van der Waals surface area contributed by atoms with Gasteiger partial charge >= 0.3 is 0 Å². The Labute approximate surface area is 91.2 Å². The third-order valence-corrected chi connectivity index (χ3v) is 2.99. The first-order valence-electron chi connectivity index (χ1n) is 4.60. The number of furan rings is 1. The maximum atomic E-state index is 5.68. The Morgan fingerprint density at radius 3 is 2.93 bits per heavy atom. The summed E-state index contributed by atoms with van der Waals surface area (Å²) in [5.74, 6) is 0.970. The van der Waals surface area contributed by atoms with Gasteiger partial charge in [-0.05, 0) is 41.9 Å². The normalized spacial score (nSPS) is 11.1. The van der Waals surface area contributed by atoms with Gasteiger partial charge in [0.1, 0.15) is 11.3 Å². The fourth-order valence-electron chi connectivity index (χ4n) is 1.71. The molecule has 0 bridgehead atoms. The molecule has 0 unspecified atom stereocenters. The second-order valence-electron chi connectivity index (χ2n) is 3.29. The van der Waals surface area contributed by atoms with Gasteiger partial charge in [0, 0.05) is 10.9 Å². The van der Waals surface area contributed by atoms with Crippen LogP contribution in [-0.4, -0.2) is 6.54 Å². The average molecular weight is 254 g/mol. The number of hydrogen-bond acceptors (Lipinski definition) is 2. The molecule has 0 atom stereocenters. The van der Waals surface area contributed by atoms with E-state index in [1.54, 1.807) is 0 Å². The molecular formula is C11H12BrNO. The minimum absolute atomic E-state index is 0.655. The highest BCUT2D eigenvalue weighted by atomic mass is 79.9. The third kappa shape index (κ3) is 1.47. The van der Waals surface area contributed by atoms with Crippen LogP contribution in [0.15, 0.2) is 27.1 Å². The molecule has 74 valence electrons. The Morgan fingerprint density at radius 1 is 1.43 bits per heavy atom. The van der Waals surface area contributed by atoms with Crippen molar-refractivity contribution in [3.8, 4) is 0 Å². The van der Waals surface area contributed by atoms with E-state index in [0.717, 1.165) is 22.2 Å². The van der Waals surface area contributed by atoms with Crippen LogP contribution in [0, 0.1) is 6.92 Å². The molecule has 2 aromatic rings. The van der Waals surface area contributed by atoms with Gasteiger partial charge < -0.3 is 10.2 Å². The Morgan fingerprint density at radius 2 is 2.21 bits per heavy atom. The minimum atomic E-state index is 0.655. The van der Waals surface area contributed by atoms with Crippen molar-refractivity contribution in [3.63, 3.8) is 0 Å². The van der Waals surface area contributed by atoms with Crippen molar-refractivity contribution in [1.82, 2.24) is 0 Å². The molecule has 0 radical (unpaired) electrons. The topological polar surface area (TPSA) is 39.2 Å². The molecule has 0 aliphatic carbocycles. The second kappa shape index (κ2) is 3.75. The van der Waals surface area contributed by atoms with Crippen molar-refractivity contribution in [2.75, 3.05) is 6.54 Å². The van der Waals surface area contributed by atoms with Gasteiger partial charge in [0.05, 0.1) is 4.47 Å². The molecule has 0 amide bonds. The Kier molecular flexibility index (Phi) is 2.61. The summed E-state index contributed by atoms with van der Waals surface area (Å²) in [6.45, 7) is 2.64. The van der Waals surface area contributed by atoms with Crippen molar-refractivity contribution < 1.29 is 4.42 Å². The Bertz CT molecular complexity index is 462. The van der Waals surface area contributed by atoms with Crippen molar-refractivity contribution in [3.05, 3.63) is 34.0 Å². The highest BCUT2D eigenvalue weighted by Gasteiger charge is 2.11. The van der Waals surface area contributed by atoms with Crippen LogP contribution in [0.25, 0.3) is 11.0 Å². The first-order valence-corrected chi connectivity index (χ1v) is 5.40. The number of halogens is 1. The van der Waals surface area contributed by atoms with E-state index in [-0.39, 0.29) is 0 Å². The van der Waals surface area contributed by atoms with Gasteiger partial charge in [-0.3, -0.25) is 0 Å². The van der Waals surface area contributed by atoms with Gasteiger partial charge in [-0.25, -0.2) is 0 Å². The van der Waals surface area contributed by atoms with Crippen molar-refractivity contribution in [2.24, 2.45) is 5.73 Å². The first kappa shape index (κ1) is 9.74. The number of rotatable bonds is 2. The van der Waals surface area contributed by atoms with Crippen LogP contribution in [0.2, 0.25) is 0 Å². The summed E-state index contributed by atoms with van der Waals surface area (Å²) in [5, 5.41) is 1.17. The van der Waals surface area contributed by atoms with Gasteiger partial charge in [-0.2, -0.15) is 0 Å². The number of hydrogen-bond donors (Lipinski definition) is 1. The fourth-order valence-corrected chi connectivity index (χ4v) is 2.16. The number of para-hydroxylation sites is 1. The van der Waals surface area contributed by atoms with Crippen molar-refractivity contribution in [1.29, 1.82) is 0 Å². The smallest absolute Gasteiger partial charge is 0.148 e. The summed E-state index contributed by atoms with van der Waals surface area (Å²) in [5.41, 5.74) is 7.71. The van der Waals surface area contributed by atoms with Gasteiger partial charge in [0.2, 0.25) is 0 Å². The molecule has 3 heteroatoms. The summed E-state index contributed by atoms with van der Waals surface area (Å²) in [6, 6.07) is 6.07. The fraction of sp³-hybridized carbons (Fsp3) is 0.273. The van der Waals surface area contributed by atoms with Crippen LogP contribution >= 0.6 is 15.9 Å².